The van der Waals surface area contributed by atoms with Gasteiger partial charge in [0.1, 0.15) is 5.60 Å². The third-order valence-corrected chi connectivity index (χ3v) is 7.03. The van der Waals surface area contributed by atoms with Crippen LogP contribution in [0.25, 0.3) is 21.7 Å². The zero-order valence-electron chi connectivity index (χ0n) is 21.1. The number of fused-ring (bicyclic) bond motifs is 2. The summed E-state index contributed by atoms with van der Waals surface area (Å²) in [6.07, 6.45) is 0.531. The van der Waals surface area contributed by atoms with Crippen LogP contribution in [0.4, 0.5) is 0 Å². The number of methoxy groups -OCH3 is 1. The quantitative estimate of drug-likeness (QED) is 0.283. The molecule has 0 spiro atoms. The van der Waals surface area contributed by atoms with E-state index in [1.807, 2.05) is 68.7 Å². The smallest absolute Gasteiger partial charge is 0.217 e. The van der Waals surface area contributed by atoms with Crippen LogP contribution in [0.15, 0.2) is 103 Å². The zero-order chi connectivity index (χ0) is 25.1. The largest absolute Gasteiger partial charge is 0.481 e. The molecule has 0 aliphatic rings. The van der Waals surface area contributed by atoms with Gasteiger partial charge in [0.2, 0.25) is 5.88 Å². The third kappa shape index (κ3) is 4.46. The molecule has 36 heavy (non-hydrogen) atoms. The van der Waals surface area contributed by atoms with Crippen LogP contribution in [-0.2, 0) is 5.60 Å². The third-order valence-electron chi connectivity index (χ3n) is 7.03. The van der Waals surface area contributed by atoms with Gasteiger partial charge in [-0.2, -0.15) is 0 Å². The van der Waals surface area contributed by atoms with Crippen molar-refractivity contribution in [1.82, 2.24) is 9.88 Å². The predicted octanol–water partition coefficient (Wildman–Crippen LogP) is 6.37. The molecule has 2 atom stereocenters. The molecule has 1 heterocycles. The van der Waals surface area contributed by atoms with E-state index in [2.05, 4.69) is 53.4 Å². The minimum Gasteiger partial charge on any atom is -0.481 e. The standard InChI is InChI=1S/C32H32N2O2/c1-34(2)21-20-32(35,28-18-11-16-23-12-7-9-17-26(23)28)30(24-13-5-4-6-14-24)27-22-25-15-8-10-19-29(25)33-31(27)36-3/h4-19,22,30,35H,20-21H2,1-3H3/t30-,32-/m0/s1. The first-order valence-corrected chi connectivity index (χ1v) is 12.4. The fraction of sp³-hybridized carbons (Fsp3) is 0.219. The lowest BCUT2D eigenvalue weighted by Gasteiger charge is -2.39. The van der Waals surface area contributed by atoms with Crippen LogP contribution in [0, 0.1) is 0 Å². The van der Waals surface area contributed by atoms with E-state index in [4.69, 9.17) is 9.72 Å². The van der Waals surface area contributed by atoms with Crippen molar-refractivity contribution in [3.8, 4) is 5.88 Å². The van der Waals surface area contributed by atoms with Crippen LogP contribution in [0.2, 0.25) is 0 Å². The van der Waals surface area contributed by atoms with Crippen molar-refractivity contribution in [2.75, 3.05) is 27.7 Å². The highest BCUT2D eigenvalue weighted by Gasteiger charge is 2.43. The van der Waals surface area contributed by atoms with Gasteiger partial charge in [-0.15, -0.1) is 0 Å². The molecule has 1 aromatic heterocycles. The van der Waals surface area contributed by atoms with Crippen molar-refractivity contribution in [1.29, 1.82) is 0 Å². The second-order valence-corrected chi connectivity index (χ2v) is 9.63. The van der Waals surface area contributed by atoms with Gasteiger partial charge in [0.25, 0.3) is 0 Å². The van der Waals surface area contributed by atoms with Crippen LogP contribution in [0.3, 0.4) is 0 Å². The predicted molar refractivity (Wildman–Crippen MR) is 148 cm³/mol. The van der Waals surface area contributed by atoms with Gasteiger partial charge >= 0.3 is 0 Å². The molecule has 0 aliphatic heterocycles. The van der Waals surface area contributed by atoms with E-state index < -0.39 is 11.5 Å². The van der Waals surface area contributed by atoms with E-state index >= 15 is 0 Å². The normalized spacial score (nSPS) is 14.1. The Morgan fingerprint density at radius 2 is 1.50 bits per heavy atom. The monoisotopic (exact) mass is 476 g/mol. The van der Waals surface area contributed by atoms with E-state index in [-0.39, 0.29) is 0 Å². The highest BCUT2D eigenvalue weighted by atomic mass is 16.5. The molecule has 0 bridgehead atoms. The van der Waals surface area contributed by atoms with Crippen molar-refractivity contribution in [3.63, 3.8) is 0 Å². The van der Waals surface area contributed by atoms with E-state index in [9.17, 15) is 5.11 Å². The summed E-state index contributed by atoms with van der Waals surface area (Å²) < 4.78 is 5.87. The molecule has 4 heteroatoms. The highest BCUT2D eigenvalue weighted by molar-refractivity contribution is 5.87. The zero-order valence-corrected chi connectivity index (χ0v) is 21.1. The average molecular weight is 477 g/mol. The fourth-order valence-electron chi connectivity index (χ4n) is 5.27. The summed E-state index contributed by atoms with van der Waals surface area (Å²) in [5, 5.41) is 16.2. The minimum atomic E-state index is -1.23. The summed E-state index contributed by atoms with van der Waals surface area (Å²) in [7, 11) is 5.73. The maximum absolute atomic E-state index is 13.0. The first kappa shape index (κ1) is 24.0. The lowest BCUT2D eigenvalue weighted by atomic mass is 9.70. The number of nitrogens with zero attached hydrogens (tertiary/aromatic N) is 2. The van der Waals surface area contributed by atoms with Crippen molar-refractivity contribution in [2.24, 2.45) is 0 Å². The van der Waals surface area contributed by atoms with Crippen molar-refractivity contribution < 1.29 is 9.84 Å². The number of aromatic nitrogens is 1. The second kappa shape index (κ2) is 10.1. The number of ether oxygens (including phenoxy) is 1. The Balaban J connectivity index is 1.83. The van der Waals surface area contributed by atoms with E-state index in [0.717, 1.165) is 38.4 Å². The molecule has 5 rings (SSSR count). The van der Waals surface area contributed by atoms with Gasteiger partial charge in [-0.1, -0.05) is 91.0 Å². The van der Waals surface area contributed by atoms with Gasteiger partial charge < -0.3 is 14.7 Å². The van der Waals surface area contributed by atoms with Crippen molar-refractivity contribution in [2.45, 2.75) is 17.9 Å². The number of benzene rings is 4. The number of para-hydroxylation sites is 1. The molecule has 0 fully saturated rings. The van der Waals surface area contributed by atoms with E-state index in [1.54, 1.807) is 7.11 Å². The molecule has 1 N–H and O–H groups in total. The molecule has 4 aromatic carbocycles. The van der Waals surface area contributed by atoms with Gasteiger partial charge in [0, 0.05) is 23.4 Å². The van der Waals surface area contributed by atoms with Gasteiger partial charge in [-0.05, 0) is 54.5 Å². The molecule has 0 amide bonds. The number of rotatable bonds is 8. The summed E-state index contributed by atoms with van der Waals surface area (Å²) in [4.78, 5) is 6.98. The Morgan fingerprint density at radius 3 is 2.25 bits per heavy atom. The summed E-state index contributed by atoms with van der Waals surface area (Å²) >= 11 is 0. The Hall–Kier alpha value is -3.73. The van der Waals surface area contributed by atoms with Crippen LogP contribution < -0.4 is 4.74 Å². The lowest BCUT2D eigenvalue weighted by Crippen LogP contribution is -2.38. The highest BCUT2D eigenvalue weighted by Crippen LogP contribution is 2.48. The van der Waals surface area contributed by atoms with E-state index in [0.29, 0.717) is 18.8 Å². The number of pyridine rings is 1. The maximum atomic E-state index is 13.0. The molecule has 0 unspecified atom stereocenters. The van der Waals surface area contributed by atoms with Crippen LogP contribution in [0.5, 0.6) is 5.88 Å². The molecule has 0 aliphatic carbocycles. The first-order chi connectivity index (χ1) is 17.5. The molecule has 0 radical (unpaired) electrons. The molecular formula is C32H32N2O2. The van der Waals surface area contributed by atoms with Crippen LogP contribution in [-0.4, -0.2) is 42.7 Å². The van der Waals surface area contributed by atoms with Gasteiger partial charge in [0.15, 0.2) is 0 Å². The SMILES string of the molecule is COc1nc2ccccc2cc1[C@H](c1ccccc1)[C@](O)(CCN(C)C)c1cccc2ccccc12. The number of hydrogen-bond donors (Lipinski definition) is 1. The lowest BCUT2D eigenvalue weighted by molar-refractivity contribution is 0.00520. The molecule has 0 saturated heterocycles. The Labute approximate surface area is 212 Å². The van der Waals surface area contributed by atoms with Crippen molar-refractivity contribution >= 4 is 21.7 Å². The Kier molecular flexibility index (Phi) is 6.73. The molecular weight excluding hydrogens is 444 g/mol. The minimum absolute atomic E-state index is 0.406. The number of aliphatic hydroxyl groups is 1. The maximum Gasteiger partial charge on any atom is 0.217 e. The summed E-state index contributed by atoms with van der Waals surface area (Å²) in [5.74, 6) is 0.127. The molecule has 5 aromatic rings. The summed E-state index contributed by atoms with van der Waals surface area (Å²) in [5.41, 5.74) is 2.43. The van der Waals surface area contributed by atoms with Crippen LogP contribution in [0.1, 0.15) is 29.0 Å². The van der Waals surface area contributed by atoms with Crippen molar-refractivity contribution in [3.05, 3.63) is 120 Å². The van der Waals surface area contributed by atoms with Gasteiger partial charge in [-0.3, -0.25) is 0 Å². The first-order valence-electron chi connectivity index (χ1n) is 12.4. The molecule has 4 nitrogen and oxygen atoms in total. The topological polar surface area (TPSA) is 45.6 Å². The summed E-state index contributed by atoms with van der Waals surface area (Å²) in [6.45, 7) is 0.715. The Bertz CT molecular complexity index is 1480. The summed E-state index contributed by atoms with van der Waals surface area (Å²) in [6, 6.07) is 34.9. The Morgan fingerprint density at radius 1 is 0.833 bits per heavy atom. The van der Waals surface area contributed by atoms with Gasteiger partial charge in [-0.25, -0.2) is 4.98 Å². The average Bonchev–Trinajstić information content (AvgIpc) is 2.92. The molecule has 182 valence electrons. The molecule has 0 saturated carbocycles. The second-order valence-electron chi connectivity index (χ2n) is 9.63. The fourth-order valence-corrected chi connectivity index (χ4v) is 5.27. The van der Waals surface area contributed by atoms with E-state index in [1.165, 1.54) is 0 Å². The van der Waals surface area contributed by atoms with Gasteiger partial charge in [0.05, 0.1) is 12.6 Å². The number of hydrogen-bond acceptors (Lipinski definition) is 4. The van der Waals surface area contributed by atoms with Crippen LogP contribution >= 0.6 is 0 Å².